The van der Waals surface area contributed by atoms with Crippen LogP contribution in [-0.2, 0) is 0 Å². The highest BCUT2D eigenvalue weighted by atomic mass is 16.3. The minimum Gasteiger partial charge on any atom is -0.468 e. The average Bonchev–Trinajstić information content (AvgIpc) is 3.34. The van der Waals surface area contributed by atoms with E-state index in [1.54, 1.807) is 18.7 Å². The van der Waals surface area contributed by atoms with E-state index in [9.17, 15) is 4.79 Å². The second kappa shape index (κ2) is 7.11. The Labute approximate surface area is 146 Å². The number of carbonyl (C=O) groups excluding carboxylic acids is 1. The Bertz CT molecular complexity index is 834. The first-order chi connectivity index (χ1) is 12.3. The quantitative estimate of drug-likeness (QED) is 0.750. The number of likely N-dealkylation sites (tertiary alicyclic amines) is 1. The lowest BCUT2D eigenvalue weighted by Gasteiger charge is -2.33. The third-order valence-electron chi connectivity index (χ3n) is 4.84. The Morgan fingerprint density at radius 2 is 2.16 bits per heavy atom. The molecule has 0 saturated carbocycles. The molecule has 1 atom stereocenters. The summed E-state index contributed by atoms with van der Waals surface area (Å²) in [6.45, 7) is 2.62. The molecular formula is C19H22N4O2. The Morgan fingerprint density at radius 3 is 2.96 bits per heavy atom. The maximum Gasteiger partial charge on any atom is 0.251 e. The van der Waals surface area contributed by atoms with Crippen molar-refractivity contribution < 1.29 is 9.21 Å². The van der Waals surface area contributed by atoms with Gasteiger partial charge in [-0.2, -0.15) is 0 Å². The predicted octanol–water partition coefficient (Wildman–Crippen LogP) is 3.11. The largest absolute Gasteiger partial charge is 0.468 e. The van der Waals surface area contributed by atoms with Crippen LogP contribution in [0.2, 0.25) is 0 Å². The number of imidazole rings is 1. The molecule has 0 aliphatic carbocycles. The Kier molecular flexibility index (Phi) is 4.52. The van der Waals surface area contributed by atoms with Crippen LogP contribution in [0.5, 0.6) is 0 Å². The van der Waals surface area contributed by atoms with E-state index in [0.717, 1.165) is 29.9 Å². The third-order valence-corrected chi connectivity index (χ3v) is 4.84. The summed E-state index contributed by atoms with van der Waals surface area (Å²) < 4.78 is 5.63. The van der Waals surface area contributed by atoms with Gasteiger partial charge in [0.25, 0.3) is 5.91 Å². The number of fused-ring (bicyclic) bond motifs is 1. The Morgan fingerprint density at radius 1 is 1.28 bits per heavy atom. The number of amides is 1. The Hall–Kier alpha value is -2.60. The van der Waals surface area contributed by atoms with E-state index in [1.165, 1.54) is 19.3 Å². The molecule has 1 aliphatic heterocycles. The van der Waals surface area contributed by atoms with E-state index in [0.29, 0.717) is 12.1 Å². The van der Waals surface area contributed by atoms with E-state index in [1.807, 2.05) is 24.3 Å². The van der Waals surface area contributed by atoms with E-state index in [-0.39, 0.29) is 11.9 Å². The fourth-order valence-electron chi connectivity index (χ4n) is 3.49. The number of nitrogens with one attached hydrogen (secondary N) is 2. The molecule has 1 aliphatic rings. The fourth-order valence-corrected chi connectivity index (χ4v) is 3.49. The van der Waals surface area contributed by atoms with Crippen molar-refractivity contribution in [2.45, 2.75) is 25.3 Å². The van der Waals surface area contributed by atoms with Gasteiger partial charge in [-0.15, -0.1) is 0 Å². The maximum absolute atomic E-state index is 12.6. The number of furan rings is 1. The lowest BCUT2D eigenvalue weighted by atomic mass is 10.1. The minimum atomic E-state index is -0.0786. The van der Waals surface area contributed by atoms with Gasteiger partial charge in [0, 0.05) is 12.1 Å². The summed E-state index contributed by atoms with van der Waals surface area (Å²) in [6.07, 6.45) is 7.00. The van der Waals surface area contributed by atoms with Crippen molar-refractivity contribution in [2.24, 2.45) is 0 Å². The minimum absolute atomic E-state index is 0.0786. The number of nitrogens with zero attached hydrogens (tertiary/aromatic N) is 2. The van der Waals surface area contributed by atoms with E-state index >= 15 is 0 Å². The number of aromatic amines is 1. The number of hydrogen-bond acceptors (Lipinski definition) is 4. The molecule has 0 bridgehead atoms. The molecule has 1 saturated heterocycles. The summed E-state index contributed by atoms with van der Waals surface area (Å²) >= 11 is 0. The van der Waals surface area contributed by atoms with Gasteiger partial charge >= 0.3 is 0 Å². The van der Waals surface area contributed by atoms with Gasteiger partial charge in [0.1, 0.15) is 5.76 Å². The van der Waals surface area contributed by atoms with Crippen LogP contribution in [0.3, 0.4) is 0 Å². The van der Waals surface area contributed by atoms with Gasteiger partial charge in [-0.05, 0) is 56.3 Å². The van der Waals surface area contributed by atoms with Crippen LogP contribution < -0.4 is 5.32 Å². The number of hydrogen-bond donors (Lipinski definition) is 2. The standard InChI is InChI=1S/C19H22N4O2/c24-19(14-6-7-15-16(11-14)22-13-21-15)20-12-17(18-5-4-10-25-18)23-8-2-1-3-9-23/h4-7,10-11,13,17H,1-3,8-9,12H2,(H,20,24)(H,21,22)/t17-/m1/s1. The fraction of sp³-hybridized carbons (Fsp3) is 0.368. The van der Waals surface area contributed by atoms with Gasteiger partial charge < -0.3 is 14.7 Å². The van der Waals surface area contributed by atoms with Crippen molar-refractivity contribution in [3.8, 4) is 0 Å². The number of aromatic nitrogens is 2. The highest BCUT2D eigenvalue weighted by Gasteiger charge is 2.25. The number of rotatable bonds is 5. The number of piperidine rings is 1. The van der Waals surface area contributed by atoms with E-state index < -0.39 is 0 Å². The van der Waals surface area contributed by atoms with Gasteiger partial charge in [0.2, 0.25) is 0 Å². The zero-order valence-corrected chi connectivity index (χ0v) is 14.1. The zero-order valence-electron chi connectivity index (χ0n) is 14.1. The van der Waals surface area contributed by atoms with Crippen molar-refractivity contribution in [1.82, 2.24) is 20.2 Å². The molecule has 1 aromatic carbocycles. The van der Waals surface area contributed by atoms with Crippen LogP contribution in [0.15, 0.2) is 47.3 Å². The molecule has 1 fully saturated rings. The molecule has 3 aromatic rings. The maximum atomic E-state index is 12.6. The van der Waals surface area contributed by atoms with E-state index in [2.05, 4.69) is 20.2 Å². The summed E-state index contributed by atoms with van der Waals surface area (Å²) in [6, 6.07) is 9.47. The molecule has 0 spiro atoms. The average molecular weight is 338 g/mol. The summed E-state index contributed by atoms with van der Waals surface area (Å²) in [5.41, 5.74) is 2.36. The second-order valence-electron chi connectivity index (χ2n) is 6.47. The SMILES string of the molecule is O=C(NC[C@H](c1ccco1)N1CCCCC1)c1ccc2nc[nH]c2c1. The highest BCUT2D eigenvalue weighted by Crippen LogP contribution is 2.24. The van der Waals surface area contributed by atoms with Crippen LogP contribution in [0.4, 0.5) is 0 Å². The highest BCUT2D eigenvalue weighted by molar-refractivity contribution is 5.97. The van der Waals surface area contributed by atoms with Gasteiger partial charge in [0.15, 0.2) is 0 Å². The molecule has 130 valence electrons. The molecule has 4 rings (SSSR count). The first kappa shape index (κ1) is 15.9. The summed E-state index contributed by atoms with van der Waals surface area (Å²) in [7, 11) is 0. The molecular weight excluding hydrogens is 316 g/mol. The molecule has 1 amide bonds. The molecule has 6 heteroatoms. The van der Waals surface area contributed by atoms with Gasteiger partial charge in [0.05, 0.1) is 29.7 Å². The molecule has 6 nitrogen and oxygen atoms in total. The van der Waals surface area contributed by atoms with Crippen molar-refractivity contribution in [2.75, 3.05) is 19.6 Å². The normalized spacial score (nSPS) is 16.8. The van der Waals surface area contributed by atoms with Crippen LogP contribution >= 0.6 is 0 Å². The number of H-pyrrole nitrogens is 1. The molecule has 2 aromatic heterocycles. The van der Waals surface area contributed by atoms with Crippen molar-refractivity contribution in [3.63, 3.8) is 0 Å². The second-order valence-corrected chi connectivity index (χ2v) is 6.47. The first-order valence-corrected chi connectivity index (χ1v) is 8.80. The lowest BCUT2D eigenvalue weighted by Crippen LogP contribution is -2.40. The summed E-state index contributed by atoms with van der Waals surface area (Å²) in [5.74, 6) is 0.830. The summed E-state index contributed by atoms with van der Waals surface area (Å²) in [4.78, 5) is 22.2. The first-order valence-electron chi connectivity index (χ1n) is 8.80. The van der Waals surface area contributed by atoms with Crippen LogP contribution in [0.1, 0.15) is 41.4 Å². The topological polar surface area (TPSA) is 74.2 Å². The number of benzene rings is 1. The molecule has 0 radical (unpaired) electrons. The lowest BCUT2D eigenvalue weighted by molar-refractivity contribution is 0.0914. The van der Waals surface area contributed by atoms with Gasteiger partial charge in [-0.25, -0.2) is 4.98 Å². The van der Waals surface area contributed by atoms with Gasteiger partial charge in [-0.3, -0.25) is 9.69 Å². The Balaban J connectivity index is 1.47. The predicted molar refractivity (Wildman–Crippen MR) is 95.3 cm³/mol. The van der Waals surface area contributed by atoms with Crippen LogP contribution in [0.25, 0.3) is 11.0 Å². The molecule has 2 N–H and O–H groups in total. The number of carbonyl (C=O) groups is 1. The summed E-state index contributed by atoms with van der Waals surface area (Å²) in [5, 5.41) is 3.07. The van der Waals surface area contributed by atoms with E-state index in [4.69, 9.17) is 4.42 Å². The molecule has 25 heavy (non-hydrogen) atoms. The van der Waals surface area contributed by atoms with Crippen molar-refractivity contribution >= 4 is 16.9 Å². The monoisotopic (exact) mass is 338 g/mol. The van der Waals surface area contributed by atoms with Crippen LogP contribution in [0, 0.1) is 0 Å². The molecule has 0 unspecified atom stereocenters. The smallest absolute Gasteiger partial charge is 0.251 e. The van der Waals surface area contributed by atoms with Crippen LogP contribution in [-0.4, -0.2) is 40.4 Å². The molecule has 3 heterocycles. The zero-order chi connectivity index (χ0) is 17.1. The third kappa shape index (κ3) is 3.44. The van der Waals surface area contributed by atoms with Gasteiger partial charge in [-0.1, -0.05) is 6.42 Å². The van der Waals surface area contributed by atoms with Crippen molar-refractivity contribution in [1.29, 1.82) is 0 Å². The van der Waals surface area contributed by atoms with Crippen molar-refractivity contribution in [3.05, 3.63) is 54.2 Å².